The van der Waals surface area contributed by atoms with Crippen molar-refractivity contribution in [2.75, 3.05) is 30.0 Å². The van der Waals surface area contributed by atoms with Gasteiger partial charge in [0.15, 0.2) is 9.84 Å². The van der Waals surface area contributed by atoms with Crippen LogP contribution >= 0.6 is 0 Å². The highest BCUT2D eigenvalue weighted by Crippen LogP contribution is 2.35. The minimum Gasteiger partial charge on any atom is -0.494 e. The van der Waals surface area contributed by atoms with Gasteiger partial charge in [0.25, 0.3) is 0 Å². The summed E-state index contributed by atoms with van der Waals surface area (Å²) in [6.45, 7) is 4.88. The molecule has 1 spiro atoms. The number of urea groups is 1. The average Bonchev–Trinajstić information content (AvgIpc) is 2.84. The van der Waals surface area contributed by atoms with Gasteiger partial charge >= 0.3 is 6.03 Å². The van der Waals surface area contributed by atoms with Crippen molar-refractivity contribution in [3.8, 4) is 5.75 Å². The second-order valence-corrected chi connectivity index (χ2v) is 9.26. The molecule has 2 fully saturated rings. The number of hydrogen-bond acceptors (Lipinski definition) is 5. The van der Waals surface area contributed by atoms with Gasteiger partial charge in [0.2, 0.25) is 0 Å². The smallest absolute Gasteiger partial charge is 0.319 e. The molecule has 2 N–H and O–H groups in total. The molecule has 26 heavy (non-hydrogen) atoms. The molecule has 8 heteroatoms. The van der Waals surface area contributed by atoms with Gasteiger partial charge in [0.1, 0.15) is 5.75 Å². The van der Waals surface area contributed by atoms with Crippen molar-refractivity contribution in [2.45, 2.75) is 44.8 Å². The SMILES string of the molecule is CCOc1ccc(NC(=O)N[C@H]2CCO[C@@]3(CCS(=O)(=O)C3)C2)c(C)c1. The Labute approximate surface area is 154 Å². The first-order valence-electron chi connectivity index (χ1n) is 8.96. The van der Waals surface area contributed by atoms with Crippen LogP contribution in [0.4, 0.5) is 10.5 Å². The topological polar surface area (TPSA) is 93.7 Å². The molecule has 3 rings (SSSR count). The van der Waals surface area contributed by atoms with Crippen LogP contribution in [0.25, 0.3) is 0 Å². The Morgan fingerprint density at radius 2 is 2.23 bits per heavy atom. The van der Waals surface area contributed by atoms with E-state index in [-0.39, 0.29) is 23.6 Å². The van der Waals surface area contributed by atoms with Gasteiger partial charge in [-0.15, -0.1) is 0 Å². The first-order chi connectivity index (χ1) is 12.3. The van der Waals surface area contributed by atoms with Crippen molar-refractivity contribution < 1.29 is 22.7 Å². The molecular formula is C18H26N2O5S. The van der Waals surface area contributed by atoms with Gasteiger partial charge in [-0.25, -0.2) is 13.2 Å². The lowest BCUT2D eigenvalue weighted by Crippen LogP contribution is -2.50. The number of carbonyl (C=O) groups excluding carboxylic acids is 1. The molecule has 0 aliphatic carbocycles. The maximum absolute atomic E-state index is 12.4. The summed E-state index contributed by atoms with van der Waals surface area (Å²) in [5.74, 6) is 0.986. The lowest BCUT2D eigenvalue weighted by Gasteiger charge is -2.37. The summed E-state index contributed by atoms with van der Waals surface area (Å²) < 4.78 is 34.8. The minimum absolute atomic E-state index is 0.0534. The molecule has 2 aliphatic rings. The molecule has 0 aromatic heterocycles. The van der Waals surface area contributed by atoms with E-state index in [2.05, 4.69) is 10.6 Å². The number of sulfone groups is 1. The summed E-state index contributed by atoms with van der Waals surface area (Å²) in [7, 11) is -3.03. The number of carbonyl (C=O) groups is 1. The van der Waals surface area contributed by atoms with Crippen molar-refractivity contribution in [1.82, 2.24) is 5.32 Å². The number of ether oxygens (including phenoxy) is 2. The molecule has 0 unspecified atom stereocenters. The van der Waals surface area contributed by atoms with E-state index >= 15 is 0 Å². The number of anilines is 1. The van der Waals surface area contributed by atoms with Crippen LogP contribution < -0.4 is 15.4 Å². The number of aryl methyl sites for hydroxylation is 1. The van der Waals surface area contributed by atoms with Crippen LogP contribution in [0.1, 0.15) is 31.7 Å². The van der Waals surface area contributed by atoms with E-state index in [1.54, 1.807) is 0 Å². The lowest BCUT2D eigenvalue weighted by atomic mass is 9.90. The third kappa shape index (κ3) is 4.48. The van der Waals surface area contributed by atoms with Crippen LogP contribution in [0.3, 0.4) is 0 Å². The van der Waals surface area contributed by atoms with Crippen molar-refractivity contribution in [3.63, 3.8) is 0 Å². The standard InChI is InChI=1S/C18H26N2O5S/c1-3-24-15-4-5-16(13(2)10-15)20-17(21)19-14-6-8-25-18(11-14)7-9-26(22,23)12-18/h4-5,10,14H,3,6-9,11-12H2,1-2H3,(H2,19,20,21)/t14-,18-/m0/s1. The van der Waals surface area contributed by atoms with E-state index in [0.717, 1.165) is 17.0 Å². The van der Waals surface area contributed by atoms with E-state index in [4.69, 9.17) is 9.47 Å². The van der Waals surface area contributed by atoms with Crippen molar-refractivity contribution in [2.24, 2.45) is 0 Å². The molecule has 2 aliphatic heterocycles. The molecule has 144 valence electrons. The van der Waals surface area contributed by atoms with Crippen molar-refractivity contribution in [3.05, 3.63) is 23.8 Å². The molecule has 2 amide bonds. The number of amides is 2. The third-order valence-electron chi connectivity index (χ3n) is 4.94. The highest BCUT2D eigenvalue weighted by molar-refractivity contribution is 7.91. The molecule has 2 heterocycles. The maximum Gasteiger partial charge on any atom is 0.319 e. The van der Waals surface area contributed by atoms with Crippen LogP contribution in [-0.4, -0.2) is 50.8 Å². The van der Waals surface area contributed by atoms with Crippen LogP contribution in [-0.2, 0) is 14.6 Å². The summed E-state index contributed by atoms with van der Waals surface area (Å²) in [5, 5.41) is 5.81. The van der Waals surface area contributed by atoms with E-state index in [1.807, 2.05) is 32.0 Å². The molecular weight excluding hydrogens is 356 g/mol. The zero-order valence-electron chi connectivity index (χ0n) is 15.2. The first-order valence-corrected chi connectivity index (χ1v) is 10.8. The van der Waals surface area contributed by atoms with Gasteiger partial charge in [0, 0.05) is 18.3 Å². The Kier molecular flexibility index (Phi) is 5.43. The predicted molar refractivity (Wildman–Crippen MR) is 99.5 cm³/mol. The molecule has 0 saturated carbocycles. The summed E-state index contributed by atoms with van der Waals surface area (Å²) >= 11 is 0. The van der Waals surface area contributed by atoms with Crippen molar-refractivity contribution in [1.29, 1.82) is 0 Å². The van der Waals surface area contributed by atoms with E-state index in [0.29, 0.717) is 32.5 Å². The fourth-order valence-corrected chi connectivity index (χ4v) is 5.66. The summed E-state index contributed by atoms with van der Waals surface area (Å²) in [4.78, 5) is 12.4. The van der Waals surface area contributed by atoms with E-state index in [1.165, 1.54) is 0 Å². The zero-order valence-corrected chi connectivity index (χ0v) is 16.0. The fourth-order valence-electron chi connectivity index (χ4n) is 3.69. The molecule has 2 atom stereocenters. The quantitative estimate of drug-likeness (QED) is 0.833. The Bertz CT molecular complexity index is 780. The van der Waals surface area contributed by atoms with Crippen molar-refractivity contribution >= 4 is 21.6 Å². The number of rotatable bonds is 4. The van der Waals surface area contributed by atoms with E-state index in [9.17, 15) is 13.2 Å². The number of benzene rings is 1. The Hall–Kier alpha value is -1.80. The predicted octanol–water partition coefficient (Wildman–Crippen LogP) is 2.25. The Morgan fingerprint density at radius 3 is 2.88 bits per heavy atom. The van der Waals surface area contributed by atoms with Crippen LogP contribution in [0.5, 0.6) is 5.75 Å². The maximum atomic E-state index is 12.4. The largest absolute Gasteiger partial charge is 0.494 e. The van der Waals surface area contributed by atoms with Crippen LogP contribution in [0.2, 0.25) is 0 Å². The first kappa shape index (κ1) is 19.0. The molecule has 1 aromatic carbocycles. The van der Waals surface area contributed by atoms with Gasteiger partial charge in [-0.2, -0.15) is 0 Å². The number of nitrogens with one attached hydrogen (secondary N) is 2. The average molecular weight is 382 g/mol. The van der Waals surface area contributed by atoms with Gasteiger partial charge in [0.05, 0.1) is 23.7 Å². The Balaban J connectivity index is 1.58. The highest BCUT2D eigenvalue weighted by Gasteiger charge is 2.46. The number of hydrogen-bond donors (Lipinski definition) is 2. The minimum atomic E-state index is -3.03. The fraction of sp³-hybridized carbons (Fsp3) is 0.611. The molecule has 0 bridgehead atoms. The molecule has 2 saturated heterocycles. The normalized spacial score (nSPS) is 27.2. The zero-order chi connectivity index (χ0) is 18.8. The summed E-state index contributed by atoms with van der Waals surface area (Å²) in [6, 6.07) is 5.13. The monoisotopic (exact) mass is 382 g/mol. The highest BCUT2D eigenvalue weighted by atomic mass is 32.2. The van der Waals surface area contributed by atoms with Gasteiger partial charge < -0.3 is 20.1 Å². The third-order valence-corrected chi connectivity index (χ3v) is 6.73. The van der Waals surface area contributed by atoms with Crippen LogP contribution in [0.15, 0.2) is 18.2 Å². The van der Waals surface area contributed by atoms with Gasteiger partial charge in [-0.3, -0.25) is 0 Å². The second kappa shape index (κ2) is 7.44. The molecule has 7 nitrogen and oxygen atoms in total. The summed E-state index contributed by atoms with van der Waals surface area (Å²) in [5.41, 5.74) is 0.997. The van der Waals surface area contributed by atoms with Gasteiger partial charge in [-0.05, 0) is 56.9 Å². The molecule has 1 aromatic rings. The Morgan fingerprint density at radius 1 is 1.42 bits per heavy atom. The second-order valence-electron chi connectivity index (χ2n) is 7.07. The van der Waals surface area contributed by atoms with Gasteiger partial charge in [-0.1, -0.05) is 0 Å². The summed E-state index contributed by atoms with van der Waals surface area (Å²) in [6.07, 6.45) is 1.71. The van der Waals surface area contributed by atoms with E-state index < -0.39 is 15.4 Å². The molecule has 0 radical (unpaired) electrons. The lowest BCUT2D eigenvalue weighted by molar-refractivity contribution is -0.0685. The van der Waals surface area contributed by atoms with Crippen LogP contribution in [0, 0.1) is 6.92 Å².